The Hall–Kier alpha value is -6.91. The van der Waals surface area contributed by atoms with E-state index in [0.717, 1.165) is 11.2 Å². The minimum atomic E-state index is -0.0725. The minimum absolute atomic E-state index is 0.000484. The maximum Gasteiger partial charge on any atom is 0.252 e. The molecule has 4 nitrogen and oxygen atoms in total. The van der Waals surface area contributed by atoms with Gasteiger partial charge in [-0.1, -0.05) is 150 Å². The largest absolute Gasteiger partial charge is 0.455 e. The highest BCUT2D eigenvalue weighted by atomic mass is 16.3. The zero-order valence-corrected chi connectivity index (χ0v) is 42.4. The van der Waals surface area contributed by atoms with Crippen LogP contribution in [-0.2, 0) is 21.7 Å². The first-order valence-electron chi connectivity index (χ1n) is 25.7. The van der Waals surface area contributed by atoms with Crippen LogP contribution in [0.3, 0.4) is 0 Å². The number of hydrogen-bond acceptors (Lipinski definition) is 1. The molecule has 16 rings (SSSR count). The van der Waals surface area contributed by atoms with E-state index in [1.165, 1.54) is 148 Å². The first-order chi connectivity index (χ1) is 33.3. The number of furan rings is 1. The summed E-state index contributed by atoms with van der Waals surface area (Å²) in [7, 11) is 0. The number of fused-ring (bicyclic) bond motifs is 17. The van der Waals surface area contributed by atoms with E-state index in [0.29, 0.717) is 0 Å². The highest BCUT2D eigenvalue weighted by molar-refractivity contribution is 7.04. The van der Waals surface area contributed by atoms with Gasteiger partial charge in [0.1, 0.15) is 11.2 Å². The Morgan fingerprint density at radius 3 is 1.41 bits per heavy atom. The second kappa shape index (κ2) is 12.0. The fourth-order valence-electron chi connectivity index (χ4n) is 14.1. The summed E-state index contributed by atoms with van der Waals surface area (Å²) < 4.78 is 15.2. The van der Waals surface area contributed by atoms with Crippen LogP contribution in [-0.4, -0.2) is 27.1 Å². The zero-order valence-electron chi connectivity index (χ0n) is 42.4. The molecule has 12 aromatic rings. The fourth-order valence-corrected chi connectivity index (χ4v) is 14.1. The average Bonchev–Trinajstić information content (AvgIpc) is 4.05. The molecule has 0 N–H and O–H groups in total. The Morgan fingerprint density at radius 1 is 0.371 bits per heavy atom. The van der Waals surface area contributed by atoms with Crippen LogP contribution in [0.2, 0.25) is 0 Å². The molecule has 338 valence electrons. The maximum absolute atomic E-state index is 7.11. The third-order valence-corrected chi connectivity index (χ3v) is 17.6. The van der Waals surface area contributed by atoms with Crippen LogP contribution >= 0.6 is 0 Å². The second-order valence-electron chi connectivity index (χ2n) is 25.8. The number of nitrogens with zero attached hydrogens (tertiary/aromatic N) is 3. The molecule has 0 atom stereocenters. The Morgan fingerprint density at radius 2 is 0.857 bits per heavy atom. The van der Waals surface area contributed by atoms with Crippen LogP contribution < -0.4 is 32.8 Å². The average molecular weight is 904 g/mol. The topological polar surface area (TPSA) is 27.9 Å². The lowest BCUT2D eigenvalue weighted by molar-refractivity contribution is 0.590. The summed E-state index contributed by atoms with van der Waals surface area (Å²) in [6, 6.07) is 46.1. The zero-order chi connectivity index (χ0) is 47.8. The molecule has 70 heavy (non-hydrogen) atoms. The van der Waals surface area contributed by atoms with Crippen molar-refractivity contribution in [3.8, 4) is 17.1 Å². The van der Waals surface area contributed by atoms with E-state index in [1.54, 1.807) is 0 Å². The van der Waals surface area contributed by atoms with Gasteiger partial charge in [-0.15, -0.1) is 0 Å². The van der Waals surface area contributed by atoms with Crippen molar-refractivity contribution in [1.82, 2.24) is 13.7 Å². The van der Waals surface area contributed by atoms with E-state index >= 15 is 0 Å². The molecule has 8 aromatic carbocycles. The highest BCUT2D eigenvalue weighted by Crippen LogP contribution is 2.48. The molecular weight excluding hydrogens is 848 g/mol. The van der Waals surface area contributed by atoms with Crippen molar-refractivity contribution in [2.75, 3.05) is 0 Å². The molecule has 0 fully saturated rings. The molecule has 4 aliphatic rings. The van der Waals surface area contributed by atoms with Gasteiger partial charge in [0.2, 0.25) is 0 Å². The molecule has 4 aromatic heterocycles. The summed E-state index contributed by atoms with van der Waals surface area (Å²) in [5.74, 6) is 0. The van der Waals surface area contributed by atoms with E-state index in [4.69, 9.17) is 4.42 Å². The van der Waals surface area contributed by atoms with Crippen LogP contribution in [0.25, 0.3) is 104 Å². The standard InChI is InChI=1S/C64H55B2N3O/c1-61(2,3)32-20-22-47-38(24-32)40-26-34(63(7,8)9)28-44-56(40)67(47)49-31-50-54-59-53(49)65(44)43-18-15-17-37-52-58(69(59)55(37)43)46(30-42-36-16-13-14-19-51(36)70-60(42)52)66(54)45-29-35(64(10,11)12)27-41-39-25-33(62(4,5)6)21-23-48(39)68(50)57(41)45/h13-31H,1-12H3. The van der Waals surface area contributed by atoms with Crippen molar-refractivity contribution in [3.05, 3.63) is 138 Å². The predicted molar refractivity (Wildman–Crippen MR) is 301 cm³/mol. The molecule has 4 aliphatic heterocycles. The number of para-hydroxylation sites is 2. The van der Waals surface area contributed by atoms with E-state index < -0.39 is 0 Å². The van der Waals surface area contributed by atoms with Crippen LogP contribution in [0.5, 0.6) is 0 Å². The van der Waals surface area contributed by atoms with Gasteiger partial charge in [-0.25, -0.2) is 0 Å². The second-order valence-corrected chi connectivity index (χ2v) is 25.8. The normalized spacial score (nSPS) is 14.8. The molecule has 0 amide bonds. The first kappa shape index (κ1) is 39.9. The van der Waals surface area contributed by atoms with Crippen molar-refractivity contribution in [3.63, 3.8) is 0 Å². The number of rotatable bonds is 0. The lowest BCUT2D eigenvalue weighted by Gasteiger charge is -2.41. The number of hydrogen-bond donors (Lipinski definition) is 0. The van der Waals surface area contributed by atoms with E-state index in [1.807, 2.05) is 0 Å². The summed E-state index contributed by atoms with van der Waals surface area (Å²) in [5, 5.41) is 10.3. The molecule has 6 heteroatoms. The van der Waals surface area contributed by atoms with Crippen LogP contribution in [0.4, 0.5) is 0 Å². The van der Waals surface area contributed by atoms with Crippen molar-refractivity contribution in [2.24, 2.45) is 0 Å². The molecule has 0 unspecified atom stereocenters. The van der Waals surface area contributed by atoms with E-state index in [2.05, 4.69) is 212 Å². The molecule has 0 aliphatic carbocycles. The maximum atomic E-state index is 7.11. The molecule has 0 spiro atoms. The first-order valence-corrected chi connectivity index (χ1v) is 25.7. The monoisotopic (exact) mass is 903 g/mol. The lowest BCUT2D eigenvalue weighted by Crippen LogP contribution is -2.66. The predicted octanol–water partition coefficient (Wildman–Crippen LogP) is 12.4. The van der Waals surface area contributed by atoms with Gasteiger partial charge in [-0.05, 0) is 125 Å². The summed E-state index contributed by atoms with van der Waals surface area (Å²) in [5.41, 5.74) is 27.5. The Labute approximate surface area is 409 Å². The van der Waals surface area contributed by atoms with Gasteiger partial charge in [0.25, 0.3) is 13.4 Å². The highest BCUT2D eigenvalue weighted by Gasteiger charge is 2.50. The number of benzene rings is 8. The Bertz CT molecular complexity index is 4520. The minimum Gasteiger partial charge on any atom is -0.455 e. The lowest BCUT2D eigenvalue weighted by atomic mass is 9.30. The SMILES string of the molecule is CC(C)(C)c1ccc2c(c1)c1cc(C(C)(C)C)cc3c1n2-c1cc2c4c5c1B3c1cccc3c6c7oc8ccccc8c7cc(c6n-5c13)B4c1cc(C(C)(C)C)cc3c4cc(C(C)(C)C)ccc4n-2c13. The Kier molecular flexibility index (Phi) is 6.82. The summed E-state index contributed by atoms with van der Waals surface area (Å²) >= 11 is 0. The van der Waals surface area contributed by atoms with Crippen LogP contribution in [0, 0.1) is 0 Å². The van der Waals surface area contributed by atoms with Gasteiger partial charge < -0.3 is 18.1 Å². The number of aromatic nitrogens is 3. The van der Waals surface area contributed by atoms with Gasteiger partial charge in [-0.2, -0.15) is 0 Å². The van der Waals surface area contributed by atoms with Crippen molar-refractivity contribution in [2.45, 2.75) is 105 Å². The van der Waals surface area contributed by atoms with Crippen molar-refractivity contribution < 1.29 is 4.42 Å². The van der Waals surface area contributed by atoms with Gasteiger partial charge in [-0.3, -0.25) is 0 Å². The van der Waals surface area contributed by atoms with Gasteiger partial charge in [0, 0.05) is 71.3 Å². The molecular formula is C64H55B2N3O. The van der Waals surface area contributed by atoms with Crippen molar-refractivity contribution in [1.29, 1.82) is 0 Å². The molecule has 0 saturated heterocycles. The van der Waals surface area contributed by atoms with Gasteiger partial charge >= 0.3 is 0 Å². The van der Waals surface area contributed by atoms with Crippen molar-refractivity contribution >= 4 is 134 Å². The third-order valence-electron chi connectivity index (χ3n) is 17.6. The molecule has 0 bridgehead atoms. The Balaban J connectivity index is 1.18. The van der Waals surface area contributed by atoms with E-state index in [9.17, 15) is 0 Å². The third kappa shape index (κ3) is 4.55. The smallest absolute Gasteiger partial charge is 0.252 e. The fraction of sp³-hybridized carbons (Fsp3) is 0.250. The quantitative estimate of drug-likeness (QED) is 0.139. The summed E-state index contributed by atoms with van der Waals surface area (Å²) in [6.45, 7) is 28.4. The molecule has 0 radical (unpaired) electrons. The van der Waals surface area contributed by atoms with Crippen LogP contribution in [0.15, 0.2) is 120 Å². The van der Waals surface area contributed by atoms with Crippen LogP contribution in [0.1, 0.15) is 105 Å². The molecule has 0 saturated carbocycles. The van der Waals surface area contributed by atoms with Gasteiger partial charge in [0.05, 0.1) is 21.9 Å². The van der Waals surface area contributed by atoms with E-state index in [-0.39, 0.29) is 35.1 Å². The summed E-state index contributed by atoms with van der Waals surface area (Å²) in [6.07, 6.45) is 0. The molecule has 8 heterocycles. The summed E-state index contributed by atoms with van der Waals surface area (Å²) in [4.78, 5) is 0. The van der Waals surface area contributed by atoms with Gasteiger partial charge in [0.15, 0.2) is 0 Å².